The minimum absolute atomic E-state index is 0.453. The minimum atomic E-state index is 0.453. The largest absolute Gasteiger partial charge is 0.383 e. The van der Waals surface area contributed by atoms with Crippen molar-refractivity contribution in [3.8, 4) is 0 Å². The lowest BCUT2D eigenvalue weighted by atomic mass is 10.5. The predicted molar refractivity (Wildman–Crippen MR) is 30.5 cm³/mol. The summed E-state index contributed by atoms with van der Waals surface area (Å²) in [5, 5.41) is 0. The smallest absolute Gasteiger partial charge is 0.104 e. The molecule has 1 atom stereocenters. The Balaban J connectivity index is 1.80. The van der Waals surface area contributed by atoms with Gasteiger partial charge in [-0.05, 0) is 0 Å². The number of hydrogen-bond donors (Lipinski definition) is 0. The van der Waals surface area contributed by atoms with Crippen LogP contribution in [0.1, 0.15) is 0 Å². The third-order valence-electron chi connectivity index (χ3n) is 0.910. The molecule has 0 spiro atoms. The first-order valence-electron chi connectivity index (χ1n) is 2.63. The Morgan fingerprint density at radius 2 is 2.57 bits per heavy atom. The summed E-state index contributed by atoms with van der Waals surface area (Å²) in [6.07, 6.45) is 1.40. The quantitative estimate of drug-likeness (QED) is 0.340. The molecule has 7 heavy (non-hydrogen) atoms. The van der Waals surface area contributed by atoms with Gasteiger partial charge in [-0.2, -0.15) is 0 Å². The molecule has 0 N–H and O–H groups in total. The lowest BCUT2D eigenvalue weighted by Crippen LogP contribution is -2.01. The van der Waals surface area contributed by atoms with Gasteiger partial charge in [0, 0.05) is 16.5 Å². The van der Waals surface area contributed by atoms with E-state index in [9.17, 15) is 0 Å². The van der Waals surface area contributed by atoms with Crippen molar-refractivity contribution in [2.75, 3.05) is 19.4 Å². The molecule has 0 saturated carbocycles. The highest BCUT2D eigenvalue weighted by Crippen LogP contribution is 2.07. The second-order valence-electron chi connectivity index (χ2n) is 1.61. The van der Waals surface area contributed by atoms with Gasteiger partial charge in [0.1, 0.15) is 6.10 Å². The van der Waals surface area contributed by atoms with E-state index in [0.717, 1.165) is 29.7 Å². The third kappa shape index (κ3) is 2.06. The molecule has 0 bridgehead atoms. The molecular formula is C4H10O2Si. The summed E-state index contributed by atoms with van der Waals surface area (Å²) < 4.78 is 10.00. The van der Waals surface area contributed by atoms with Crippen LogP contribution >= 0.6 is 0 Å². The fraction of sp³-hybridized carbons (Fsp3) is 1.00. The van der Waals surface area contributed by atoms with E-state index in [1.807, 2.05) is 0 Å². The van der Waals surface area contributed by atoms with Gasteiger partial charge >= 0.3 is 0 Å². The molecule has 0 aromatic heterocycles. The molecule has 1 saturated heterocycles. The van der Waals surface area contributed by atoms with Gasteiger partial charge < -0.3 is 9.47 Å². The summed E-state index contributed by atoms with van der Waals surface area (Å²) in [6.45, 7) is 1.74. The summed E-state index contributed by atoms with van der Waals surface area (Å²) in [7, 11) is 1.14. The van der Waals surface area contributed by atoms with Crippen molar-refractivity contribution in [2.24, 2.45) is 0 Å². The van der Waals surface area contributed by atoms with Crippen molar-refractivity contribution in [3.63, 3.8) is 0 Å². The number of epoxide rings is 1. The first kappa shape index (κ1) is 5.28. The van der Waals surface area contributed by atoms with Gasteiger partial charge in [-0.3, -0.25) is 0 Å². The van der Waals surface area contributed by atoms with Crippen LogP contribution in [0.5, 0.6) is 0 Å². The van der Waals surface area contributed by atoms with Crippen LogP contribution in [-0.2, 0) is 9.47 Å². The van der Waals surface area contributed by atoms with Crippen molar-refractivity contribution in [3.05, 3.63) is 0 Å². The van der Waals surface area contributed by atoms with Crippen LogP contribution in [0.15, 0.2) is 0 Å². The Morgan fingerprint density at radius 1 is 1.86 bits per heavy atom. The molecule has 0 aromatic rings. The predicted octanol–water partition coefficient (Wildman–Crippen LogP) is -1.28. The van der Waals surface area contributed by atoms with Crippen molar-refractivity contribution in [1.82, 2.24) is 0 Å². The van der Waals surface area contributed by atoms with E-state index >= 15 is 0 Å². The van der Waals surface area contributed by atoms with Crippen LogP contribution in [0.3, 0.4) is 0 Å². The molecular weight excluding hydrogens is 108 g/mol. The normalized spacial score (nSPS) is 28.3. The highest BCUT2D eigenvalue weighted by atomic mass is 28.1. The molecule has 1 heterocycles. The SMILES string of the molecule is [SiH3]COCC1CO1. The lowest BCUT2D eigenvalue weighted by molar-refractivity contribution is 0.155. The van der Waals surface area contributed by atoms with Gasteiger partial charge in [-0.25, -0.2) is 0 Å². The Kier molecular flexibility index (Phi) is 1.84. The fourth-order valence-corrected chi connectivity index (χ4v) is 0.649. The fourth-order valence-electron chi connectivity index (χ4n) is 0.414. The van der Waals surface area contributed by atoms with Gasteiger partial charge in [-0.1, -0.05) is 0 Å². The molecule has 1 aliphatic rings. The Hall–Kier alpha value is 0.137. The maximum atomic E-state index is 5.09. The third-order valence-corrected chi connectivity index (χ3v) is 1.32. The van der Waals surface area contributed by atoms with E-state index in [0.29, 0.717) is 6.10 Å². The van der Waals surface area contributed by atoms with E-state index in [1.165, 1.54) is 0 Å². The average Bonchev–Trinajstić information content (AvgIpc) is 2.42. The van der Waals surface area contributed by atoms with Crippen molar-refractivity contribution >= 4 is 10.2 Å². The van der Waals surface area contributed by atoms with Crippen molar-refractivity contribution in [2.45, 2.75) is 6.10 Å². The van der Waals surface area contributed by atoms with Crippen LogP contribution in [0.2, 0.25) is 0 Å². The van der Waals surface area contributed by atoms with Crippen LogP contribution in [0.4, 0.5) is 0 Å². The molecule has 0 aliphatic carbocycles. The van der Waals surface area contributed by atoms with Gasteiger partial charge in [-0.15, -0.1) is 0 Å². The lowest BCUT2D eigenvalue weighted by Gasteiger charge is -1.91. The molecule has 0 aromatic carbocycles. The molecule has 1 aliphatic heterocycles. The Bertz CT molecular complexity index is 53.7. The molecule has 0 radical (unpaired) electrons. The van der Waals surface area contributed by atoms with E-state index in [-0.39, 0.29) is 0 Å². The summed E-state index contributed by atoms with van der Waals surface area (Å²) in [5.74, 6) is 0. The van der Waals surface area contributed by atoms with Gasteiger partial charge in [0.25, 0.3) is 0 Å². The molecule has 0 amide bonds. The zero-order valence-corrected chi connectivity index (χ0v) is 6.52. The standard InChI is InChI=1S/C4H10O2Si/c7-3-5-1-4-2-6-4/h4H,1-3H2,7H3. The topological polar surface area (TPSA) is 21.8 Å². The second-order valence-corrected chi connectivity index (χ2v) is 2.19. The molecule has 42 valence electrons. The number of rotatable bonds is 3. The Labute approximate surface area is 46.2 Å². The average molecular weight is 118 g/mol. The summed E-state index contributed by atoms with van der Waals surface area (Å²) in [5.41, 5.74) is 0. The van der Waals surface area contributed by atoms with Crippen LogP contribution < -0.4 is 0 Å². The van der Waals surface area contributed by atoms with Crippen LogP contribution in [-0.4, -0.2) is 35.8 Å². The first-order valence-corrected chi connectivity index (χ1v) is 4.04. The Morgan fingerprint density at radius 3 is 3.00 bits per heavy atom. The van der Waals surface area contributed by atoms with E-state index in [1.54, 1.807) is 0 Å². The maximum Gasteiger partial charge on any atom is 0.104 e. The zero-order chi connectivity index (χ0) is 5.11. The number of hydrogen-bond acceptors (Lipinski definition) is 2. The molecule has 1 rings (SSSR count). The summed E-state index contributed by atoms with van der Waals surface area (Å²) >= 11 is 0. The molecule has 3 heteroatoms. The van der Waals surface area contributed by atoms with Gasteiger partial charge in [0.05, 0.1) is 13.2 Å². The summed E-state index contributed by atoms with van der Waals surface area (Å²) in [4.78, 5) is 0. The monoisotopic (exact) mass is 118 g/mol. The molecule has 2 nitrogen and oxygen atoms in total. The molecule has 1 fully saturated rings. The van der Waals surface area contributed by atoms with Gasteiger partial charge in [0.15, 0.2) is 0 Å². The summed E-state index contributed by atoms with van der Waals surface area (Å²) in [6, 6.07) is 0. The molecule has 1 unspecified atom stereocenters. The van der Waals surface area contributed by atoms with Crippen LogP contribution in [0.25, 0.3) is 0 Å². The zero-order valence-electron chi connectivity index (χ0n) is 4.52. The minimum Gasteiger partial charge on any atom is -0.383 e. The van der Waals surface area contributed by atoms with Gasteiger partial charge in [0.2, 0.25) is 0 Å². The maximum absolute atomic E-state index is 5.09. The first-order chi connectivity index (χ1) is 3.43. The number of ether oxygens (including phenoxy) is 2. The van der Waals surface area contributed by atoms with E-state index in [4.69, 9.17) is 9.47 Å². The van der Waals surface area contributed by atoms with Crippen molar-refractivity contribution < 1.29 is 9.47 Å². The van der Waals surface area contributed by atoms with Crippen LogP contribution in [0, 0.1) is 0 Å². The van der Waals surface area contributed by atoms with E-state index < -0.39 is 0 Å². The second kappa shape index (κ2) is 2.45. The highest BCUT2D eigenvalue weighted by Gasteiger charge is 2.21. The van der Waals surface area contributed by atoms with Crippen molar-refractivity contribution in [1.29, 1.82) is 0 Å². The highest BCUT2D eigenvalue weighted by molar-refractivity contribution is 6.08. The van der Waals surface area contributed by atoms with E-state index in [2.05, 4.69) is 0 Å².